The number of benzene rings is 2. The largest absolute Gasteiger partial charge is 0.391 e. The van der Waals surface area contributed by atoms with Crippen LogP contribution < -0.4 is 16.0 Å². The monoisotopic (exact) mass is 971 g/mol. The molecule has 66 heavy (non-hydrogen) atoms. The zero-order chi connectivity index (χ0) is 47.3. The lowest BCUT2D eigenvalue weighted by molar-refractivity contribution is -0.142. The molecule has 14 nitrogen and oxygen atoms in total. The van der Waals surface area contributed by atoms with E-state index >= 15 is 0 Å². The topological polar surface area (TPSA) is 184 Å². The Balaban J connectivity index is 0.884. The Morgan fingerprint density at radius 2 is 1.67 bits per heavy atom. The predicted molar refractivity (Wildman–Crippen MR) is 264 cm³/mol. The lowest BCUT2D eigenvalue weighted by Crippen LogP contribution is -2.59. The van der Waals surface area contributed by atoms with Crippen LogP contribution in [0.25, 0.3) is 15.4 Å². The molecule has 350 valence electrons. The van der Waals surface area contributed by atoms with Crippen molar-refractivity contribution in [2.45, 2.75) is 123 Å². The second-order valence-electron chi connectivity index (χ2n) is 17.5. The number of amides is 4. The third-order valence-corrected chi connectivity index (χ3v) is 16.1. The van der Waals surface area contributed by atoms with E-state index < -0.39 is 34.9 Å². The van der Waals surface area contributed by atoms with Crippen LogP contribution in [0.2, 0.25) is 5.02 Å². The lowest BCUT2D eigenvalue weighted by Gasteiger charge is -2.37. The molecule has 7 rings (SSSR count). The van der Waals surface area contributed by atoms with Gasteiger partial charge in [-0.1, -0.05) is 60.8 Å². The number of fused-ring (bicyclic) bond motifs is 3. The Morgan fingerprint density at radius 3 is 2.36 bits per heavy atom. The Morgan fingerprint density at radius 1 is 0.955 bits per heavy atom. The van der Waals surface area contributed by atoms with Crippen LogP contribution in [0.1, 0.15) is 110 Å². The van der Waals surface area contributed by atoms with Crippen molar-refractivity contribution in [1.82, 2.24) is 40.6 Å². The average molecular weight is 973 g/mol. The molecule has 0 saturated carbocycles. The van der Waals surface area contributed by atoms with E-state index in [9.17, 15) is 24.3 Å². The zero-order valence-electron chi connectivity index (χ0n) is 38.4. The highest BCUT2D eigenvalue weighted by Crippen LogP contribution is 2.40. The second-order valence-corrected chi connectivity index (χ2v) is 21.8. The minimum Gasteiger partial charge on any atom is -0.391 e. The number of aliphatic hydroxyl groups excluding tert-OH is 1. The minimum absolute atomic E-state index is 0.00201. The van der Waals surface area contributed by atoms with Gasteiger partial charge in [0.2, 0.25) is 23.6 Å². The molecule has 1 fully saturated rings. The quantitative estimate of drug-likeness (QED) is 0.0643. The molecule has 0 bridgehead atoms. The van der Waals surface area contributed by atoms with Gasteiger partial charge in [-0.05, 0) is 89.0 Å². The van der Waals surface area contributed by atoms with Crippen molar-refractivity contribution in [2.24, 2.45) is 4.99 Å². The Kier molecular flexibility index (Phi) is 15.8. The number of aliphatic hydroxyl groups is 1. The van der Waals surface area contributed by atoms with E-state index in [1.54, 1.807) is 34.4 Å². The number of hydrogen-bond acceptors (Lipinski definition) is 12. The van der Waals surface area contributed by atoms with E-state index in [1.165, 1.54) is 16.7 Å². The third-order valence-electron chi connectivity index (χ3n) is 12.2. The summed E-state index contributed by atoms with van der Waals surface area (Å²) in [4.78, 5) is 66.9. The van der Waals surface area contributed by atoms with Crippen LogP contribution in [0.15, 0.2) is 59.0 Å². The fraction of sp³-hybridized carbons (Fsp3) is 0.458. The number of β-amino-alcohol motifs (C(OH)–C–C–N with tert-alkyl or cyclic N) is 1. The lowest BCUT2D eigenvalue weighted by atomic mass is 9.99. The number of thioether (sulfide) groups is 1. The molecule has 18 heteroatoms. The van der Waals surface area contributed by atoms with Gasteiger partial charge in [-0.15, -0.1) is 32.9 Å². The molecule has 2 aliphatic heterocycles. The molecule has 4 unspecified atom stereocenters. The van der Waals surface area contributed by atoms with Crippen LogP contribution >= 0.6 is 46.0 Å². The summed E-state index contributed by atoms with van der Waals surface area (Å²) in [6.07, 6.45) is 2.82. The molecule has 5 heterocycles. The number of likely N-dealkylation sites (tertiary alicyclic amines) is 1. The van der Waals surface area contributed by atoms with Gasteiger partial charge in [0.05, 0.1) is 34.3 Å². The van der Waals surface area contributed by atoms with Crippen molar-refractivity contribution in [3.05, 3.63) is 104 Å². The molecular weight excluding hydrogens is 914 g/mol. The summed E-state index contributed by atoms with van der Waals surface area (Å²) < 4.78 is 1.32. The summed E-state index contributed by atoms with van der Waals surface area (Å²) in [6.45, 7) is 14.1. The number of nitrogens with one attached hydrogen (secondary N) is 3. The normalized spacial score (nSPS) is 17.4. The van der Waals surface area contributed by atoms with Crippen LogP contribution in [0.4, 0.5) is 0 Å². The number of halogens is 1. The maximum atomic E-state index is 14.2. The van der Waals surface area contributed by atoms with E-state index in [0.29, 0.717) is 17.4 Å². The fourth-order valence-corrected chi connectivity index (χ4v) is 11.8. The molecule has 0 spiro atoms. The molecule has 0 radical (unpaired) electrons. The number of hydrogen-bond donors (Lipinski definition) is 4. The van der Waals surface area contributed by atoms with Gasteiger partial charge < -0.3 is 26.0 Å². The van der Waals surface area contributed by atoms with Gasteiger partial charge in [0.25, 0.3) is 0 Å². The maximum absolute atomic E-state index is 14.2. The van der Waals surface area contributed by atoms with E-state index in [4.69, 9.17) is 16.6 Å². The molecule has 5 aromatic rings. The molecule has 4 N–H and O–H groups in total. The zero-order valence-corrected chi connectivity index (χ0v) is 41.6. The summed E-state index contributed by atoms with van der Waals surface area (Å²) in [5.74, 6) is 0.886. The van der Waals surface area contributed by atoms with Crippen molar-refractivity contribution in [2.75, 3.05) is 18.8 Å². The van der Waals surface area contributed by atoms with E-state index in [2.05, 4.69) is 45.0 Å². The highest BCUT2D eigenvalue weighted by atomic mass is 35.5. The number of thiophene rings is 1. The number of thiazole rings is 1. The van der Waals surface area contributed by atoms with Crippen LogP contribution in [-0.4, -0.2) is 101 Å². The van der Waals surface area contributed by atoms with Gasteiger partial charge in [0, 0.05) is 58.8 Å². The number of carbonyl (C=O) groups excluding carboxylic acids is 4. The first-order valence-electron chi connectivity index (χ1n) is 22.3. The van der Waals surface area contributed by atoms with Gasteiger partial charge >= 0.3 is 0 Å². The number of rotatable bonds is 18. The van der Waals surface area contributed by atoms with Crippen molar-refractivity contribution in [3.63, 3.8) is 0 Å². The number of aromatic nitrogens is 4. The highest BCUT2D eigenvalue weighted by Gasteiger charge is 2.46. The van der Waals surface area contributed by atoms with Crippen LogP contribution in [0.3, 0.4) is 0 Å². The number of carbonyl (C=O) groups is 4. The molecule has 2 aromatic carbocycles. The summed E-state index contributed by atoms with van der Waals surface area (Å²) in [5, 5.41) is 30.1. The Hall–Kier alpha value is -4.94. The summed E-state index contributed by atoms with van der Waals surface area (Å²) >= 11 is 11.1. The van der Waals surface area contributed by atoms with Gasteiger partial charge in [-0.3, -0.25) is 28.7 Å². The first kappa shape index (κ1) is 49.0. The predicted octanol–water partition coefficient (Wildman–Crippen LogP) is 7.59. The smallest absolute Gasteiger partial charge is 0.247 e. The van der Waals surface area contributed by atoms with Gasteiger partial charge in [-0.25, -0.2) is 4.98 Å². The van der Waals surface area contributed by atoms with Crippen molar-refractivity contribution >= 4 is 75.4 Å². The Bertz CT molecular complexity index is 2590. The molecular formula is C48H58ClN9O5S3. The molecule has 4 amide bonds. The molecule has 4 atom stereocenters. The van der Waals surface area contributed by atoms with E-state index in [1.807, 2.05) is 86.3 Å². The Labute approximate surface area is 403 Å². The van der Waals surface area contributed by atoms with E-state index in [-0.39, 0.29) is 43.7 Å². The van der Waals surface area contributed by atoms with Crippen LogP contribution in [0, 0.1) is 27.7 Å². The van der Waals surface area contributed by atoms with Gasteiger partial charge in [0.1, 0.15) is 29.0 Å². The van der Waals surface area contributed by atoms with Crippen LogP contribution in [-0.2, 0) is 25.7 Å². The second kappa shape index (κ2) is 21.3. The maximum Gasteiger partial charge on any atom is 0.247 e. The number of nitrogens with zero attached hydrogens (tertiary/aromatic N) is 6. The fourth-order valence-electron chi connectivity index (χ4n) is 8.48. The molecule has 0 aliphatic carbocycles. The SMILES string of the molecule is CC(=O)NC(C(=O)N1CC(O)CC1C(=O)NCc1ccc(-c2scnc2C)cc1)C(C)(C)SCCCCCCNC(=O)CC1N=C(c2ccc(Cl)cc2)c2c(sc(C)c2C)-n2c(C)nnc21. The highest BCUT2D eigenvalue weighted by molar-refractivity contribution is 8.00. The number of unbranched alkanes of at least 4 members (excludes halogenated alkanes) is 3. The first-order chi connectivity index (χ1) is 31.5. The number of aliphatic imine (C=N–C) groups is 1. The summed E-state index contributed by atoms with van der Waals surface area (Å²) in [6, 6.07) is 13.2. The average Bonchev–Trinajstić information content (AvgIpc) is 4.05. The van der Waals surface area contributed by atoms with Gasteiger partial charge in [-0.2, -0.15) is 11.8 Å². The van der Waals surface area contributed by atoms with Crippen molar-refractivity contribution in [1.29, 1.82) is 0 Å². The molecule has 2 aliphatic rings. The van der Waals surface area contributed by atoms with Crippen LogP contribution in [0.5, 0.6) is 0 Å². The standard InChI is InChI=1S/C48H58ClN9O5S3/c1-27-29(3)66-47-40(27)41(33-16-18-35(49)19-17-33)54-37(44-56-55-30(4)58(44)47)23-39(61)50-20-10-8-9-11-21-65-48(6,7)43(53-31(5)59)46(63)57-25-36(60)22-38(57)45(62)51-24-32-12-14-34(15-13-32)42-28(2)52-26-64-42/h12-19,26,36-38,43,60H,8-11,20-25H2,1-7H3,(H,50,61)(H,51,62)(H,53,59). The van der Waals surface area contributed by atoms with Crippen molar-refractivity contribution in [3.8, 4) is 15.4 Å². The first-order valence-corrected chi connectivity index (χ1v) is 25.4. The molecule has 3 aromatic heterocycles. The van der Waals surface area contributed by atoms with Gasteiger partial charge in [0.15, 0.2) is 5.82 Å². The summed E-state index contributed by atoms with van der Waals surface area (Å²) in [7, 11) is 0. The summed E-state index contributed by atoms with van der Waals surface area (Å²) in [5.41, 5.74) is 8.61. The third kappa shape index (κ3) is 11.2. The minimum atomic E-state index is -0.920. The van der Waals surface area contributed by atoms with E-state index in [0.717, 1.165) is 86.4 Å². The number of aryl methyl sites for hydroxylation is 3. The van der Waals surface area contributed by atoms with Crippen molar-refractivity contribution < 1.29 is 24.3 Å². The molecule has 1 saturated heterocycles.